The Kier molecular flexibility index (Phi) is 3.79. The first kappa shape index (κ1) is 11.1. The van der Waals surface area contributed by atoms with E-state index in [1.54, 1.807) is 0 Å². The van der Waals surface area contributed by atoms with Crippen LogP contribution in [0.3, 0.4) is 0 Å². The van der Waals surface area contributed by atoms with Crippen LogP contribution in [0.15, 0.2) is 0 Å². The Morgan fingerprint density at radius 1 is 1.40 bits per heavy atom. The number of rotatable bonds is 2. The van der Waals surface area contributed by atoms with Crippen molar-refractivity contribution in [1.82, 2.24) is 0 Å². The Labute approximate surface area is 92.4 Å². The molecule has 15 heavy (non-hydrogen) atoms. The van der Waals surface area contributed by atoms with Gasteiger partial charge in [0.15, 0.2) is 0 Å². The van der Waals surface area contributed by atoms with Gasteiger partial charge in [0.1, 0.15) is 5.78 Å². The molecule has 0 N–H and O–H groups in total. The maximum atomic E-state index is 11.9. The van der Waals surface area contributed by atoms with Crippen molar-refractivity contribution in [3.8, 4) is 0 Å². The van der Waals surface area contributed by atoms with Crippen molar-refractivity contribution in [2.75, 3.05) is 13.2 Å². The lowest BCUT2D eigenvalue weighted by Gasteiger charge is -2.34. The molecule has 2 aliphatic rings. The minimum Gasteiger partial charge on any atom is -0.381 e. The van der Waals surface area contributed by atoms with Gasteiger partial charge in [-0.2, -0.15) is 0 Å². The second-order valence-electron chi connectivity index (χ2n) is 5.10. The molecule has 3 atom stereocenters. The quantitative estimate of drug-likeness (QED) is 0.700. The first-order valence-electron chi connectivity index (χ1n) is 6.41. The summed E-state index contributed by atoms with van der Waals surface area (Å²) in [7, 11) is 0. The summed E-state index contributed by atoms with van der Waals surface area (Å²) in [5.41, 5.74) is 0. The summed E-state index contributed by atoms with van der Waals surface area (Å²) < 4.78 is 5.50. The van der Waals surface area contributed by atoms with Crippen LogP contribution in [0.25, 0.3) is 0 Å². The second-order valence-corrected chi connectivity index (χ2v) is 5.10. The molecule has 86 valence electrons. The van der Waals surface area contributed by atoms with Crippen LogP contribution in [0.4, 0.5) is 0 Å². The van der Waals surface area contributed by atoms with E-state index in [0.29, 0.717) is 17.6 Å². The molecule has 0 aromatic rings. The average molecular weight is 210 g/mol. The Morgan fingerprint density at radius 2 is 2.27 bits per heavy atom. The smallest absolute Gasteiger partial charge is 0.136 e. The number of ether oxygens (including phenoxy) is 1. The van der Waals surface area contributed by atoms with Gasteiger partial charge in [-0.1, -0.05) is 13.3 Å². The zero-order valence-corrected chi connectivity index (χ0v) is 9.71. The van der Waals surface area contributed by atoms with Crippen molar-refractivity contribution in [1.29, 1.82) is 0 Å². The van der Waals surface area contributed by atoms with Gasteiger partial charge in [-0.3, -0.25) is 4.79 Å². The highest BCUT2D eigenvalue weighted by Gasteiger charge is 2.34. The van der Waals surface area contributed by atoms with Crippen LogP contribution in [-0.4, -0.2) is 19.0 Å². The van der Waals surface area contributed by atoms with Gasteiger partial charge in [0.25, 0.3) is 0 Å². The highest BCUT2D eigenvalue weighted by molar-refractivity contribution is 5.82. The van der Waals surface area contributed by atoms with Gasteiger partial charge < -0.3 is 4.74 Å². The van der Waals surface area contributed by atoms with Gasteiger partial charge in [0, 0.05) is 18.9 Å². The number of carbonyl (C=O) groups excluding carboxylic acids is 1. The van der Waals surface area contributed by atoms with Crippen molar-refractivity contribution in [3.05, 3.63) is 0 Å². The van der Waals surface area contributed by atoms with Gasteiger partial charge in [-0.05, 0) is 37.5 Å². The number of hydrogen-bond donors (Lipinski definition) is 0. The molecule has 1 aliphatic carbocycles. The summed E-state index contributed by atoms with van der Waals surface area (Å²) in [6.07, 6.45) is 6.65. The third-order valence-electron chi connectivity index (χ3n) is 4.14. The monoisotopic (exact) mass is 210 g/mol. The molecular weight excluding hydrogens is 188 g/mol. The van der Waals surface area contributed by atoms with E-state index in [2.05, 4.69) is 6.92 Å². The van der Waals surface area contributed by atoms with Gasteiger partial charge in [0.2, 0.25) is 0 Å². The number of ketones is 1. The van der Waals surface area contributed by atoms with Crippen molar-refractivity contribution >= 4 is 5.78 Å². The van der Waals surface area contributed by atoms with Crippen LogP contribution < -0.4 is 0 Å². The van der Waals surface area contributed by atoms with Crippen LogP contribution >= 0.6 is 0 Å². The summed E-state index contributed by atoms with van der Waals surface area (Å²) in [5.74, 6) is 2.15. The van der Waals surface area contributed by atoms with E-state index in [1.165, 1.54) is 12.8 Å². The second kappa shape index (κ2) is 5.11. The van der Waals surface area contributed by atoms with Crippen LogP contribution in [0.5, 0.6) is 0 Å². The topological polar surface area (TPSA) is 26.3 Å². The van der Waals surface area contributed by atoms with Crippen LogP contribution in [-0.2, 0) is 9.53 Å². The molecule has 0 bridgehead atoms. The Morgan fingerprint density at radius 3 is 2.93 bits per heavy atom. The van der Waals surface area contributed by atoms with E-state index in [4.69, 9.17) is 4.74 Å². The number of hydrogen-bond acceptors (Lipinski definition) is 2. The zero-order valence-electron chi connectivity index (χ0n) is 9.71. The zero-order chi connectivity index (χ0) is 10.7. The molecule has 1 saturated carbocycles. The predicted octanol–water partition coefficient (Wildman–Crippen LogP) is 2.81. The standard InChI is InChI=1S/C13H22O2/c1-2-10-5-6-13(14)12(8-10)11-4-3-7-15-9-11/h10-12H,2-9H2,1H3. The number of Topliss-reactive ketones (excluding diaryl/α,β-unsaturated/α-hetero) is 1. The Bertz CT molecular complexity index is 219. The maximum Gasteiger partial charge on any atom is 0.136 e. The molecule has 0 radical (unpaired) electrons. The lowest BCUT2D eigenvalue weighted by Crippen LogP contribution is -2.35. The molecule has 2 heteroatoms. The molecule has 2 fully saturated rings. The van der Waals surface area contributed by atoms with Crippen molar-refractivity contribution < 1.29 is 9.53 Å². The molecule has 1 aliphatic heterocycles. The van der Waals surface area contributed by atoms with Crippen LogP contribution in [0.1, 0.15) is 45.4 Å². The van der Waals surface area contributed by atoms with Gasteiger partial charge in [0.05, 0.1) is 6.61 Å². The molecule has 1 heterocycles. The Hall–Kier alpha value is -0.370. The molecule has 0 amide bonds. The van der Waals surface area contributed by atoms with E-state index in [1.807, 2.05) is 0 Å². The minimum atomic E-state index is 0.323. The first-order valence-corrected chi connectivity index (χ1v) is 6.41. The van der Waals surface area contributed by atoms with E-state index in [-0.39, 0.29) is 0 Å². The van der Waals surface area contributed by atoms with E-state index >= 15 is 0 Å². The SMILES string of the molecule is CCC1CCC(=O)C(C2CCCOC2)C1. The average Bonchev–Trinajstić information content (AvgIpc) is 2.31. The lowest BCUT2D eigenvalue weighted by atomic mass is 9.72. The van der Waals surface area contributed by atoms with Gasteiger partial charge in [-0.15, -0.1) is 0 Å². The molecule has 0 spiro atoms. The lowest BCUT2D eigenvalue weighted by molar-refractivity contribution is -0.129. The van der Waals surface area contributed by atoms with E-state index in [0.717, 1.165) is 44.8 Å². The van der Waals surface area contributed by atoms with Crippen molar-refractivity contribution in [3.63, 3.8) is 0 Å². The predicted molar refractivity (Wildman–Crippen MR) is 59.7 cm³/mol. The molecule has 2 rings (SSSR count). The molecule has 0 aromatic carbocycles. The third kappa shape index (κ3) is 2.60. The molecule has 2 nitrogen and oxygen atoms in total. The Balaban J connectivity index is 1.95. The summed E-state index contributed by atoms with van der Waals surface area (Å²) in [6.45, 7) is 3.97. The highest BCUT2D eigenvalue weighted by Crippen LogP contribution is 2.36. The maximum absolute atomic E-state index is 11.9. The molecule has 1 saturated heterocycles. The number of carbonyl (C=O) groups is 1. The van der Waals surface area contributed by atoms with Gasteiger partial charge >= 0.3 is 0 Å². The fourth-order valence-corrected chi connectivity index (χ4v) is 3.05. The summed E-state index contributed by atoms with van der Waals surface area (Å²) in [6, 6.07) is 0. The first-order chi connectivity index (χ1) is 7.31. The molecule has 0 aromatic heterocycles. The molecule has 3 unspecified atom stereocenters. The summed E-state index contributed by atoms with van der Waals surface area (Å²) in [5, 5.41) is 0. The van der Waals surface area contributed by atoms with Crippen molar-refractivity contribution in [2.24, 2.45) is 17.8 Å². The fraction of sp³-hybridized carbons (Fsp3) is 0.923. The van der Waals surface area contributed by atoms with E-state index < -0.39 is 0 Å². The summed E-state index contributed by atoms with van der Waals surface area (Å²) >= 11 is 0. The highest BCUT2D eigenvalue weighted by atomic mass is 16.5. The fourth-order valence-electron chi connectivity index (χ4n) is 3.05. The van der Waals surface area contributed by atoms with Crippen molar-refractivity contribution in [2.45, 2.75) is 45.4 Å². The molecular formula is C13H22O2. The van der Waals surface area contributed by atoms with Gasteiger partial charge in [-0.25, -0.2) is 0 Å². The normalized spacial score (nSPS) is 37.9. The van der Waals surface area contributed by atoms with E-state index in [9.17, 15) is 4.79 Å². The third-order valence-corrected chi connectivity index (χ3v) is 4.14. The summed E-state index contributed by atoms with van der Waals surface area (Å²) in [4.78, 5) is 11.9. The van der Waals surface area contributed by atoms with Crippen LogP contribution in [0.2, 0.25) is 0 Å². The largest absolute Gasteiger partial charge is 0.381 e. The van der Waals surface area contributed by atoms with Crippen LogP contribution in [0, 0.1) is 17.8 Å². The minimum absolute atomic E-state index is 0.323.